The van der Waals surface area contributed by atoms with Crippen LogP contribution in [0.1, 0.15) is 10.4 Å². The highest BCUT2D eigenvalue weighted by Crippen LogP contribution is 2.17. The second-order valence-electron chi connectivity index (χ2n) is 6.35. The lowest BCUT2D eigenvalue weighted by atomic mass is 10.1. The van der Waals surface area contributed by atoms with Crippen LogP contribution >= 0.6 is 0 Å². The van der Waals surface area contributed by atoms with Crippen LogP contribution in [0.2, 0.25) is 0 Å². The van der Waals surface area contributed by atoms with Crippen LogP contribution in [0.3, 0.4) is 0 Å². The molecule has 8 heteroatoms. The molecule has 0 heterocycles. The standard InChI is InChI=1S/C20H19N3O4S/c1-23(2)20(25)21-17-9-11-18(12-10-17)28(26,27)22-19(24)16-8-7-14-5-3-4-6-15(14)13-16/h3-13H,1-2H3,(H,21,25)(H,22,24). The fraction of sp³-hybridized carbons (Fsp3) is 0.100. The van der Waals surface area contributed by atoms with Gasteiger partial charge in [-0.1, -0.05) is 30.3 Å². The lowest BCUT2D eigenvalue weighted by molar-refractivity contribution is 0.0981. The van der Waals surface area contributed by atoms with Gasteiger partial charge in [-0.25, -0.2) is 17.9 Å². The number of rotatable bonds is 4. The highest BCUT2D eigenvalue weighted by molar-refractivity contribution is 7.90. The minimum Gasteiger partial charge on any atom is -0.331 e. The third-order valence-corrected chi connectivity index (χ3v) is 5.41. The van der Waals surface area contributed by atoms with Gasteiger partial charge in [0, 0.05) is 25.3 Å². The number of fused-ring (bicyclic) bond motifs is 1. The number of urea groups is 1. The first-order valence-electron chi connectivity index (χ1n) is 8.40. The second-order valence-corrected chi connectivity index (χ2v) is 8.03. The van der Waals surface area contributed by atoms with E-state index in [9.17, 15) is 18.0 Å². The van der Waals surface area contributed by atoms with Gasteiger partial charge in [-0.3, -0.25) is 4.79 Å². The first kappa shape index (κ1) is 19.4. The number of carbonyl (C=O) groups excluding carboxylic acids is 2. The molecule has 3 aromatic rings. The average molecular weight is 397 g/mol. The molecule has 28 heavy (non-hydrogen) atoms. The number of anilines is 1. The van der Waals surface area contributed by atoms with Gasteiger partial charge in [-0.2, -0.15) is 0 Å². The van der Waals surface area contributed by atoms with Crippen molar-refractivity contribution in [3.63, 3.8) is 0 Å². The van der Waals surface area contributed by atoms with Crippen molar-refractivity contribution < 1.29 is 18.0 Å². The molecule has 3 amide bonds. The molecule has 0 saturated heterocycles. The summed E-state index contributed by atoms with van der Waals surface area (Å²) in [7, 11) is -0.858. The quantitative estimate of drug-likeness (QED) is 0.707. The molecular formula is C20H19N3O4S. The van der Waals surface area contributed by atoms with Gasteiger partial charge >= 0.3 is 6.03 Å². The van der Waals surface area contributed by atoms with Gasteiger partial charge < -0.3 is 10.2 Å². The first-order valence-corrected chi connectivity index (χ1v) is 9.89. The van der Waals surface area contributed by atoms with Crippen molar-refractivity contribution in [3.05, 3.63) is 72.3 Å². The molecule has 3 aromatic carbocycles. The number of nitrogens with zero attached hydrogens (tertiary/aromatic N) is 1. The van der Waals surface area contributed by atoms with E-state index in [0.29, 0.717) is 5.69 Å². The van der Waals surface area contributed by atoms with E-state index in [1.807, 2.05) is 24.3 Å². The molecule has 0 radical (unpaired) electrons. The summed E-state index contributed by atoms with van der Waals surface area (Å²) >= 11 is 0. The zero-order valence-electron chi connectivity index (χ0n) is 15.3. The fourth-order valence-electron chi connectivity index (χ4n) is 2.52. The topological polar surface area (TPSA) is 95.6 Å². The fourth-order valence-corrected chi connectivity index (χ4v) is 3.50. The molecule has 144 valence electrons. The van der Waals surface area contributed by atoms with Crippen molar-refractivity contribution >= 4 is 38.4 Å². The van der Waals surface area contributed by atoms with Gasteiger partial charge in [0.2, 0.25) is 0 Å². The Labute approximate surface area is 163 Å². The van der Waals surface area contributed by atoms with Crippen LogP contribution in [0.25, 0.3) is 10.8 Å². The van der Waals surface area contributed by atoms with E-state index in [-0.39, 0.29) is 16.5 Å². The summed E-state index contributed by atoms with van der Waals surface area (Å²) in [5, 5.41) is 4.41. The molecular weight excluding hydrogens is 378 g/mol. The number of nitrogens with one attached hydrogen (secondary N) is 2. The minimum atomic E-state index is -4.05. The van der Waals surface area contributed by atoms with Crippen LogP contribution < -0.4 is 10.0 Å². The number of benzene rings is 3. The van der Waals surface area contributed by atoms with Gasteiger partial charge in [-0.15, -0.1) is 0 Å². The Balaban J connectivity index is 1.76. The van der Waals surface area contributed by atoms with Crippen LogP contribution in [0, 0.1) is 0 Å². The lowest BCUT2D eigenvalue weighted by Crippen LogP contribution is -2.30. The molecule has 0 unspecified atom stereocenters. The van der Waals surface area contributed by atoms with Gasteiger partial charge in [0.15, 0.2) is 0 Å². The Morgan fingerprint density at radius 2 is 1.50 bits per heavy atom. The third-order valence-electron chi connectivity index (χ3n) is 4.06. The summed E-state index contributed by atoms with van der Waals surface area (Å²) in [6.07, 6.45) is 0. The molecule has 3 rings (SSSR count). The van der Waals surface area contributed by atoms with Crippen molar-refractivity contribution in [1.82, 2.24) is 9.62 Å². The molecule has 0 fully saturated rings. The van der Waals surface area contributed by atoms with E-state index in [1.165, 1.54) is 29.2 Å². The summed E-state index contributed by atoms with van der Waals surface area (Å²) in [6, 6.07) is 17.7. The van der Waals surface area contributed by atoms with E-state index in [1.54, 1.807) is 32.3 Å². The zero-order valence-corrected chi connectivity index (χ0v) is 16.2. The van der Waals surface area contributed by atoms with Crippen LogP contribution in [0.15, 0.2) is 71.6 Å². The maximum absolute atomic E-state index is 12.5. The highest BCUT2D eigenvalue weighted by atomic mass is 32.2. The monoisotopic (exact) mass is 397 g/mol. The van der Waals surface area contributed by atoms with E-state index >= 15 is 0 Å². The van der Waals surface area contributed by atoms with E-state index < -0.39 is 15.9 Å². The smallest absolute Gasteiger partial charge is 0.321 e. The first-order chi connectivity index (χ1) is 13.3. The SMILES string of the molecule is CN(C)C(=O)Nc1ccc(S(=O)(=O)NC(=O)c2ccc3ccccc3c2)cc1. The molecule has 0 aliphatic rings. The summed E-state index contributed by atoms with van der Waals surface area (Å²) < 4.78 is 27.1. The Kier molecular flexibility index (Phi) is 5.32. The van der Waals surface area contributed by atoms with Crippen molar-refractivity contribution in [2.45, 2.75) is 4.90 Å². The van der Waals surface area contributed by atoms with Crippen LogP contribution in [-0.2, 0) is 10.0 Å². The molecule has 0 aliphatic carbocycles. The van der Waals surface area contributed by atoms with Gasteiger partial charge in [0.25, 0.3) is 15.9 Å². The number of hydrogen-bond acceptors (Lipinski definition) is 4. The summed E-state index contributed by atoms with van der Waals surface area (Å²) in [5.74, 6) is -0.712. The predicted octanol–water partition coefficient (Wildman–Crippen LogP) is 3.05. The van der Waals surface area contributed by atoms with Crippen molar-refractivity contribution in [2.24, 2.45) is 0 Å². The predicted molar refractivity (Wildman–Crippen MR) is 108 cm³/mol. The van der Waals surface area contributed by atoms with Crippen LogP contribution in [0.4, 0.5) is 10.5 Å². The molecule has 0 aliphatic heterocycles. The van der Waals surface area contributed by atoms with Gasteiger partial charge in [0.1, 0.15) is 0 Å². The maximum atomic E-state index is 12.5. The second kappa shape index (κ2) is 7.69. The summed E-state index contributed by atoms with van der Waals surface area (Å²) in [4.78, 5) is 25.3. The van der Waals surface area contributed by atoms with Gasteiger partial charge in [0.05, 0.1) is 4.90 Å². The molecule has 0 bridgehead atoms. The molecule has 7 nitrogen and oxygen atoms in total. The van der Waals surface area contributed by atoms with E-state index in [2.05, 4.69) is 10.0 Å². The normalized spacial score (nSPS) is 11.1. The largest absolute Gasteiger partial charge is 0.331 e. The minimum absolute atomic E-state index is 0.0792. The van der Waals surface area contributed by atoms with Gasteiger partial charge in [-0.05, 0) is 47.2 Å². The number of carbonyl (C=O) groups is 2. The molecule has 0 spiro atoms. The van der Waals surface area contributed by atoms with Crippen molar-refractivity contribution in [3.8, 4) is 0 Å². The van der Waals surface area contributed by atoms with Crippen LogP contribution in [-0.4, -0.2) is 39.4 Å². The van der Waals surface area contributed by atoms with Crippen molar-refractivity contribution in [2.75, 3.05) is 19.4 Å². The zero-order chi connectivity index (χ0) is 20.3. The maximum Gasteiger partial charge on any atom is 0.321 e. The Bertz CT molecular complexity index is 1140. The number of sulfonamides is 1. The lowest BCUT2D eigenvalue weighted by Gasteiger charge is -2.12. The highest BCUT2D eigenvalue weighted by Gasteiger charge is 2.19. The Morgan fingerprint density at radius 1 is 0.857 bits per heavy atom. The van der Waals surface area contributed by atoms with Crippen molar-refractivity contribution in [1.29, 1.82) is 0 Å². The molecule has 0 atom stereocenters. The third kappa shape index (κ3) is 4.29. The molecule has 0 aromatic heterocycles. The van der Waals surface area contributed by atoms with E-state index in [0.717, 1.165) is 10.8 Å². The summed E-state index contributed by atoms with van der Waals surface area (Å²) in [6.45, 7) is 0. The number of amides is 3. The Hall–Kier alpha value is -3.39. The van der Waals surface area contributed by atoms with Crippen LogP contribution in [0.5, 0.6) is 0 Å². The summed E-state index contributed by atoms with van der Waals surface area (Å²) in [5.41, 5.74) is 0.690. The number of hydrogen-bond donors (Lipinski definition) is 2. The van der Waals surface area contributed by atoms with E-state index in [4.69, 9.17) is 0 Å². The Morgan fingerprint density at radius 3 is 2.14 bits per heavy atom. The molecule has 2 N–H and O–H groups in total. The average Bonchev–Trinajstić information content (AvgIpc) is 2.67. The molecule has 0 saturated carbocycles.